The number of nitrogens with one attached hydrogen (secondary N) is 1. The fourth-order valence-corrected chi connectivity index (χ4v) is 3.56. The number of hydrogen-bond donors (Lipinski definition) is 1. The van der Waals surface area contributed by atoms with Crippen molar-refractivity contribution in [2.45, 2.75) is 31.7 Å². The molecular formula is C18H25N3O. The van der Waals surface area contributed by atoms with E-state index in [9.17, 15) is 4.79 Å². The Morgan fingerprint density at radius 3 is 2.64 bits per heavy atom. The number of benzene rings is 1. The van der Waals surface area contributed by atoms with E-state index in [0.717, 1.165) is 25.9 Å². The molecule has 1 aromatic carbocycles. The molecule has 1 atom stereocenters. The Labute approximate surface area is 132 Å². The van der Waals surface area contributed by atoms with Crippen molar-refractivity contribution in [1.82, 2.24) is 14.8 Å². The van der Waals surface area contributed by atoms with Gasteiger partial charge in [0.05, 0.1) is 6.04 Å². The molecule has 0 radical (unpaired) electrons. The van der Waals surface area contributed by atoms with Crippen molar-refractivity contribution in [2.24, 2.45) is 0 Å². The van der Waals surface area contributed by atoms with Crippen LogP contribution in [0.2, 0.25) is 0 Å². The second-order valence-corrected chi connectivity index (χ2v) is 6.51. The normalized spacial score (nSPS) is 18.5. The first-order valence-corrected chi connectivity index (χ1v) is 8.09. The number of H-pyrrole nitrogens is 1. The Morgan fingerprint density at radius 1 is 1.27 bits per heavy atom. The second-order valence-electron chi connectivity index (χ2n) is 6.51. The molecule has 1 aliphatic rings. The van der Waals surface area contributed by atoms with Crippen LogP contribution in [0, 0.1) is 0 Å². The van der Waals surface area contributed by atoms with Crippen molar-refractivity contribution in [3.63, 3.8) is 0 Å². The van der Waals surface area contributed by atoms with Crippen LogP contribution in [0.15, 0.2) is 30.5 Å². The van der Waals surface area contributed by atoms with E-state index >= 15 is 0 Å². The zero-order valence-corrected chi connectivity index (χ0v) is 13.7. The third-order valence-electron chi connectivity index (χ3n) is 4.94. The number of likely N-dealkylation sites (tertiary alicyclic amines) is 1. The zero-order valence-electron chi connectivity index (χ0n) is 13.7. The maximum absolute atomic E-state index is 12.1. The smallest absolute Gasteiger partial charge is 0.239 e. The van der Waals surface area contributed by atoms with Gasteiger partial charge in [-0.15, -0.1) is 0 Å². The SMILES string of the molecule is C[C@@H](C(=O)N(C)C)N1CCC(c2c[nH]c3ccccc23)CC1. The number of amides is 1. The van der Waals surface area contributed by atoms with Crippen LogP contribution >= 0.6 is 0 Å². The molecule has 4 heteroatoms. The first-order valence-electron chi connectivity index (χ1n) is 8.09. The van der Waals surface area contributed by atoms with Crippen LogP contribution in [0.1, 0.15) is 31.2 Å². The van der Waals surface area contributed by atoms with Gasteiger partial charge in [0.2, 0.25) is 5.91 Å². The summed E-state index contributed by atoms with van der Waals surface area (Å²) in [5, 5.41) is 1.35. The van der Waals surface area contributed by atoms with Crippen molar-refractivity contribution in [3.8, 4) is 0 Å². The predicted molar refractivity (Wildman–Crippen MR) is 90.0 cm³/mol. The topological polar surface area (TPSA) is 39.3 Å². The highest BCUT2D eigenvalue weighted by molar-refractivity contribution is 5.83. The number of fused-ring (bicyclic) bond motifs is 1. The average molecular weight is 299 g/mol. The van der Waals surface area contributed by atoms with Gasteiger partial charge >= 0.3 is 0 Å². The molecule has 1 aromatic heterocycles. The van der Waals surface area contributed by atoms with E-state index in [4.69, 9.17) is 0 Å². The molecule has 1 N–H and O–H groups in total. The molecule has 0 aliphatic carbocycles. The number of carbonyl (C=O) groups excluding carboxylic acids is 1. The van der Waals surface area contributed by atoms with Crippen LogP contribution < -0.4 is 0 Å². The van der Waals surface area contributed by atoms with E-state index in [-0.39, 0.29) is 11.9 Å². The van der Waals surface area contributed by atoms with Gasteiger partial charge in [-0.1, -0.05) is 18.2 Å². The molecule has 0 bridgehead atoms. The van der Waals surface area contributed by atoms with Gasteiger partial charge in [-0.2, -0.15) is 0 Å². The lowest BCUT2D eigenvalue weighted by molar-refractivity contribution is -0.134. The first-order chi connectivity index (χ1) is 10.6. The van der Waals surface area contributed by atoms with Crippen LogP contribution in [-0.2, 0) is 4.79 Å². The van der Waals surface area contributed by atoms with Crippen LogP contribution in [-0.4, -0.2) is 53.9 Å². The number of carbonyl (C=O) groups is 1. The number of hydrogen-bond acceptors (Lipinski definition) is 2. The van der Waals surface area contributed by atoms with Gasteiger partial charge in [0.15, 0.2) is 0 Å². The molecule has 1 fully saturated rings. The van der Waals surface area contributed by atoms with Crippen molar-refractivity contribution < 1.29 is 4.79 Å². The molecule has 3 rings (SSSR count). The van der Waals surface area contributed by atoms with Crippen molar-refractivity contribution in [2.75, 3.05) is 27.2 Å². The molecule has 1 aliphatic heterocycles. The Bertz CT molecular complexity index is 653. The fraction of sp³-hybridized carbons (Fsp3) is 0.500. The van der Waals surface area contributed by atoms with Crippen molar-refractivity contribution in [3.05, 3.63) is 36.0 Å². The largest absolute Gasteiger partial charge is 0.361 e. The minimum atomic E-state index is -0.0149. The number of aromatic nitrogens is 1. The van der Waals surface area contributed by atoms with Crippen LogP contribution in [0.5, 0.6) is 0 Å². The Kier molecular flexibility index (Phi) is 4.21. The van der Waals surface area contributed by atoms with Crippen LogP contribution in [0.3, 0.4) is 0 Å². The summed E-state index contributed by atoms with van der Waals surface area (Å²) in [5.41, 5.74) is 2.65. The fourth-order valence-electron chi connectivity index (χ4n) is 3.56. The number of rotatable bonds is 3. The number of aromatic amines is 1. The summed E-state index contributed by atoms with van der Waals surface area (Å²) in [6.07, 6.45) is 4.40. The molecule has 4 nitrogen and oxygen atoms in total. The number of likely N-dealkylation sites (N-methyl/N-ethyl adjacent to an activating group) is 1. The highest BCUT2D eigenvalue weighted by atomic mass is 16.2. The third-order valence-corrected chi connectivity index (χ3v) is 4.94. The lowest BCUT2D eigenvalue weighted by Gasteiger charge is -2.36. The molecule has 0 spiro atoms. The van der Waals surface area contributed by atoms with Gasteiger partial charge in [-0.3, -0.25) is 9.69 Å². The van der Waals surface area contributed by atoms with Crippen LogP contribution in [0.4, 0.5) is 0 Å². The molecule has 0 unspecified atom stereocenters. The van der Waals surface area contributed by atoms with E-state index in [2.05, 4.69) is 40.3 Å². The quantitative estimate of drug-likeness (QED) is 0.946. The number of nitrogens with zero attached hydrogens (tertiary/aromatic N) is 2. The molecule has 22 heavy (non-hydrogen) atoms. The summed E-state index contributed by atoms with van der Waals surface area (Å²) in [7, 11) is 3.66. The first kappa shape index (κ1) is 15.1. The van der Waals surface area contributed by atoms with E-state index in [0.29, 0.717) is 5.92 Å². The highest BCUT2D eigenvalue weighted by Crippen LogP contribution is 2.33. The van der Waals surface area contributed by atoms with Crippen molar-refractivity contribution in [1.29, 1.82) is 0 Å². The van der Waals surface area contributed by atoms with E-state index in [1.807, 2.05) is 21.0 Å². The van der Waals surface area contributed by atoms with E-state index in [1.165, 1.54) is 16.5 Å². The Balaban J connectivity index is 1.68. The van der Waals surface area contributed by atoms with Gasteiger partial charge in [-0.05, 0) is 50.4 Å². The molecule has 1 amide bonds. The van der Waals surface area contributed by atoms with Gasteiger partial charge < -0.3 is 9.88 Å². The van der Waals surface area contributed by atoms with Gasteiger partial charge in [0.25, 0.3) is 0 Å². The van der Waals surface area contributed by atoms with Gasteiger partial charge in [0.1, 0.15) is 0 Å². The summed E-state index contributed by atoms with van der Waals surface area (Å²) in [6.45, 7) is 4.00. The lowest BCUT2D eigenvalue weighted by atomic mass is 9.88. The monoisotopic (exact) mass is 299 g/mol. The minimum absolute atomic E-state index is 0.0149. The van der Waals surface area contributed by atoms with Gasteiger partial charge in [0, 0.05) is 31.2 Å². The maximum Gasteiger partial charge on any atom is 0.239 e. The van der Waals surface area contributed by atoms with Crippen LogP contribution in [0.25, 0.3) is 10.9 Å². The lowest BCUT2D eigenvalue weighted by Crippen LogP contribution is -2.47. The number of para-hydroxylation sites is 1. The predicted octanol–water partition coefficient (Wildman–Crippen LogP) is 2.82. The van der Waals surface area contributed by atoms with Gasteiger partial charge in [-0.25, -0.2) is 0 Å². The van der Waals surface area contributed by atoms with E-state index in [1.54, 1.807) is 4.90 Å². The molecular weight excluding hydrogens is 274 g/mol. The standard InChI is InChI=1S/C18H25N3O/c1-13(18(22)20(2)3)21-10-8-14(9-11-21)16-12-19-17-7-5-4-6-15(16)17/h4-7,12-14,19H,8-11H2,1-3H3/t13-/m0/s1. The third kappa shape index (κ3) is 2.75. The molecule has 118 valence electrons. The second kappa shape index (κ2) is 6.13. The highest BCUT2D eigenvalue weighted by Gasteiger charge is 2.28. The molecule has 2 heterocycles. The summed E-state index contributed by atoms with van der Waals surface area (Å²) in [6, 6.07) is 8.49. The maximum atomic E-state index is 12.1. The molecule has 0 saturated carbocycles. The number of piperidine rings is 1. The summed E-state index contributed by atoms with van der Waals surface area (Å²) < 4.78 is 0. The Hall–Kier alpha value is -1.81. The minimum Gasteiger partial charge on any atom is -0.361 e. The summed E-state index contributed by atoms with van der Waals surface area (Å²) in [5.74, 6) is 0.791. The van der Waals surface area contributed by atoms with E-state index < -0.39 is 0 Å². The summed E-state index contributed by atoms with van der Waals surface area (Å²) in [4.78, 5) is 19.5. The zero-order chi connectivity index (χ0) is 15.7. The average Bonchev–Trinajstić information content (AvgIpc) is 2.97. The summed E-state index contributed by atoms with van der Waals surface area (Å²) >= 11 is 0. The van der Waals surface area contributed by atoms with Crippen molar-refractivity contribution >= 4 is 16.8 Å². The molecule has 2 aromatic rings. The Morgan fingerprint density at radius 2 is 1.95 bits per heavy atom. The molecule has 1 saturated heterocycles.